The number of ether oxygens (including phenoxy) is 6. The van der Waals surface area contributed by atoms with Gasteiger partial charge in [-0.2, -0.15) is 0 Å². The number of hydrogen-bond acceptors (Lipinski definition) is 12. The highest BCUT2D eigenvalue weighted by atomic mass is 16.6. The van der Waals surface area contributed by atoms with E-state index in [2.05, 4.69) is 0 Å². The lowest BCUT2D eigenvalue weighted by Crippen LogP contribution is -2.80. The molecule has 2 aromatic rings. The zero-order valence-electron chi connectivity index (χ0n) is 27.1. The maximum Gasteiger partial charge on any atom is 0.338 e. The molecule has 0 amide bonds. The van der Waals surface area contributed by atoms with Crippen LogP contribution in [0.2, 0.25) is 0 Å². The molecule has 250 valence electrons. The van der Waals surface area contributed by atoms with Gasteiger partial charge in [0.05, 0.1) is 22.6 Å². The van der Waals surface area contributed by atoms with Gasteiger partial charge in [-0.1, -0.05) is 43.3 Å². The van der Waals surface area contributed by atoms with Gasteiger partial charge >= 0.3 is 29.8 Å². The topological polar surface area (TPSA) is 158 Å². The maximum atomic E-state index is 14.9. The number of benzene rings is 2. The fourth-order valence-corrected chi connectivity index (χ4v) is 7.83. The van der Waals surface area contributed by atoms with E-state index in [1.807, 2.05) is 0 Å². The van der Waals surface area contributed by atoms with Crippen LogP contribution in [0.5, 0.6) is 0 Å². The summed E-state index contributed by atoms with van der Waals surface area (Å²) in [7, 11) is 0. The molecule has 2 saturated carbocycles. The first-order valence-corrected chi connectivity index (χ1v) is 15.4. The number of carbonyl (C=O) groups excluding carboxylic acids is 6. The van der Waals surface area contributed by atoms with Crippen molar-refractivity contribution < 1.29 is 57.2 Å². The first-order chi connectivity index (χ1) is 22.2. The van der Waals surface area contributed by atoms with E-state index in [0.29, 0.717) is 0 Å². The molecule has 1 saturated heterocycles. The third-order valence-electron chi connectivity index (χ3n) is 9.43. The number of esters is 5. The molecule has 12 nitrogen and oxygen atoms in total. The summed E-state index contributed by atoms with van der Waals surface area (Å²) < 4.78 is 36.5. The lowest BCUT2D eigenvalue weighted by molar-refractivity contribution is -0.310. The van der Waals surface area contributed by atoms with Gasteiger partial charge in [-0.05, 0) is 50.5 Å². The van der Waals surface area contributed by atoms with Crippen LogP contribution in [0.4, 0.5) is 0 Å². The molecule has 8 unspecified atom stereocenters. The van der Waals surface area contributed by atoms with Gasteiger partial charge in [0.15, 0.2) is 18.0 Å². The number of ketones is 1. The maximum absolute atomic E-state index is 14.9. The Labute approximate surface area is 272 Å². The molecule has 12 heteroatoms. The van der Waals surface area contributed by atoms with Crippen LogP contribution < -0.4 is 0 Å². The highest BCUT2D eigenvalue weighted by Gasteiger charge is 2.85. The van der Waals surface area contributed by atoms with Crippen molar-refractivity contribution >= 4 is 35.6 Å². The lowest BCUT2D eigenvalue weighted by atomic mass is 9.47. The summed E-state index contributed by atoms with van der Waals surface area (Å²) in [5.41, 5.74) is -4.93. The van der Waals surface area contributed by atoms with Gasteiger partial charge in [0, 0.05) is 20.8 Å². The van der Waals surface area contributed by atoms with Crippen molar-refractivity contribution in [2.45, 2.75) is 83.6 Å². The normalized spacial score (nSPS) is 31.9. The predicted octanol–water partition coefficient (Wildman–Crippen LogP) is 3.64. The molecular weight excluding hydrogens is 612 g/mol. The average molecular weight is 651 g/mol. The van der Waals surface area contributed by atoms with Crippen LogP contribution in [0.3, 0.4) is 0 Å². The highest BCUT2D eigenvalue weighted by Crippen LogP contribution is 2.67. The van der Waals surface area contributed by atoms with Crippen molar-refractivity contribution in [3.8, 4) is 0 Å². The molecule has 0 N–H and O–H groups in total. The average Bonchev–Trinajstić information content (AvgIpc) is 3.21. The largest absolute Gasteiger partial charge is 0.465 e. The van der Waals surface area contributed by atoms with E-state index in [-0.39, 0.29) is 17.5 Å². The molecular formula is C35H38O12. The van der Waals surface area contributed by atoms with Gasteiger partial charge in [0.2, 0.25) is 0 Å². The third kappa shape index (κ3) is 5.68. The predicted molar refractivity (Wildman–Crippen MR) is 162 cm³/mol. The van der Waals surface area contributed by atoms with Crippen molar-refractivity contribution in [2.75, 3.05) is 6.61 Å². The molecule has 1 heterocycles. The van der Waals surface area contributed by atoms with Crippen LogP contribution in [0.25, 0.3) is 0 Å². The van der Waals surface area contributed by atoms with E-state index in [4.69, 9.17) is 28.4 Å². The third-order valence-corrected chi connectivity index (χ3v) is 9.43. The Morgan fingerprint density at radius 3 is 1.79 bits per heavy atom. The molecule has 1 spiro atoms. The molecule has 2 aliphatic carbocycles. The molecule has 2 aromatic carbocycles. The molecule has 3 aliphatic rings. The molecule has 5 rings (SSSR count). The molecule has 1 aliphatic heterocycles. The minimum absolute atomic E-state index is 0.0161. The zero-order chi connectivity index (χ0) is 34.3. The summed E-state index contributed by atoms with van der Waals surface area (Å²) in [4.78, 5) is 80.2. The standard InChI is InChI=1S/C35H38O12/c1-19-17-25(43-21(3)37)28(45-31(40)23-13-9-7-10-14-23)34(18-42-20(2)36)30(46-32(41)24-15-11-8-12-16-24)27(39)26-29(44-22(4)38)35(19,34)47-33(26,5)6/h7-16,19,25-26,28-30H,17-18H2,1-6H3. The Morgan fingerprint density at radius 1 is 0.745 bits per heavy atom. The van der Waals surface area contributed by atoms with Gasteiger partial charge in [0.1, 0.15) is 29.8 Å². The van der Waals surface area contributed by atoms with Crippen LogP contribution in [0.1, 0.15) is 68.7 Å². The van der Waals surface area contributed by atoms with Crippen LogP contribution in [0, 0.1) is 17.3 Å². The van der Waals surface area contributed by atoms with Gasteiger partial charge in [0.25, 0.3) is 0 Å². The van der Waals surface area contributed by atoms with E-state index < -0.39 is 95.1 Å². The van der Waals surface area contributed by atoms with E-state index in [0.717, 1.165) is 6.92 Å². The van der Waals surface area contributed by atoms with Crippen LogP contribution in [-0.2, 0) is 47.6 Å². The quantitative estimate of drug-likeness (QED) is 0.302. The molecule has 0 aromatic heterocycles. The highest BCUT2D eigenvalue weighted by molar-refractivity contribution is 5.96. The second kappa shape index (κ2) is 12.6. The second-order valence-corrected chi connectivity index (χ2v) is 12.9. The first-order valence-electron chi connectivity index (χ1n) is 15.4. The molecule has 3 fully saturated rings. The van der Waals surface area contributed by atoms with Gasteiger partial charge in [-0.3, -0.25) is 19.2 Å². The second-order valence-electron chi connectivity index (χ2n) is 12.9. The zero-order valence-corrected chi connectivity index (χ0v) is 27.1. The Hall–Kier alpha value is -4.58. The minimum Gasteiger partial charge on any atom is -0.465 e. The summed E-state index contributed by atoms with van der Waals surface area (Å²) in [6.45, 7) is 7.85. The summed E-state index contributed by atoms with van der Waals surface area (Å²) in [6.07, 6.45) is -5.91. The van der Waals surface area contributed by atoms with Crippen molar-refractivity contribution in [3.05, 3.63) is 71.8 Å². The van der Waals surface area contributed by atoms with Crippen LogP contribution in [0.15, 0.2) is 60.7 Å². The Bertz CT molecular complexity index is 1570. The number of Topliss-reactive ketones (excluding diaryl/α,β-unsaturated/α-hetero) is 1. The van der Waals surface area contributed by atoms with Gasteiger partial charge in [-0.25, -0.2) is 9.59 Å². The first kappa shape index (κ1) is 33.8. The van der Waals surface area contributed by atoms with Crippen molar-refractivity contribution in [2.24, 2.45) is 17.3 Å². The van der Waals surface area contributed by atoms with E-state index in [9.17, 15) is 28.8 Å². The van der Waals surface area contributed by atoms with E-state index in [1.54, 1.807) is 57.2 Å². The molecule has 8 atom stereocenters. The van der Waals surface area contributed by atoms with Crippen molar-refractivity contribution in [3.63, 3.8) is 0 Å². The summed E-state index contributed by atoms with van der Waals surface area (Å²) in [5, 5.41) is 0. The number of fused-ring (bicyclic) bond motifs is 1. The fourth-order valence-electron chi connectivity index (χ4n) is 7.83. The molecule has 47 heavy (non-hydrogen) atoms. The van der Waals surface area contributed by atoms with Gasteiger partial charge in [-0.15, -0.1) is 0 Å². The number of carbonyl (C=O) groups is 6. The van der Waals surface area contributed by atoms with E-state index >= 15 is 0 Å². The smallest absolute Gasteiger partial charge is 0.338 e. The van der Waals surface area contributed by atoms with Crippen LogP contribution in [-0.4, -0.2) is 77.9 Å². The van der Waals surface area contributed by atoms with E-state index in [1.165, 1.54) is 38.1 Å². The Morgan fingerprint density at radius 2 is 1.28 bits per heavy atom. The van der Waals surface area contributed by atoms with Crippen LogP contribution >= 0.6 is 0 Å². The monoisotopic (exact) mass is 650 g/mol. The SMILES string of the molecule is CC(=O)OCC12C(OC(=O)c3ccccc3)C(=O)C3C(OC(C)=O)C1(OC3(C)C)C(C)CC(OC(C)=O)C2OC(=O)c1ccccc1. The summed E-state index contributed by atoms with van der Waals surface area (Å²) in [6, 6.07) is 15.9. The Balaban J connectivity index is 1.82. The summed E-state index contributed by atoms with van der Waals surface area (Å²) >= 11 is 0. The lowest BCUT2D eigenvalue weighted by Gasteiger charge is -2.62. The van der Waals surface area contributed by atoms with Crippen molar-refractivity contribution in [1.29, 1.82) is 0 Å². The Kier molecular flexibility index (Phi) is 9.02. The number of rotatable bonds is 8. The van der Waals surface area contributed by atoms with Gasteiger partial charge < -0.3 is 28.4 Å². The molecule has 2 bridgehead atoms. The van der Waals surface area contributed by atoms with Crippen molar-refractivity contribution in [1.82, 2.24) is 0 Å². The fraction of sp³-hybridized carbons (Fsp3) is 0.486. The molecule has 0 radical (unpaired) electrons. The minimum atomic E-state index is -2.09. The summed E-state index contributed by atoms with van der Waals surface area (Å²) in [5.74, 6) is -6.53. The number of hydrogen-bond donors (Lipinski definition) is 0.